The molecule has 4 saturated carbocycles. The van der Waals surface area contributed by atoms with E-state index in [2.05, 4.69) is 34.6 Å². The van der Waals surface area contributed by atoms with Crippen LogP contribution in [0.4, 0.5) is 0 Å². The molecule has 10 atom stereocenters. The number of fused-ring (bicyclic) bond motifs is 4. The fourth-order valence-electron chi connectivity index (χ4n) is 10.00. The summed E-state index contributed by atoms with van der Waals surface area (Å²) >= 11 is 0. The Morgan fingerprint density at radius 1 is 1.03 bits per heavy atom. The van der Waals surface area contributed by atoms with Crippen LogP contribution in [0.1, 0.15) is 112 Å². The Morgan fingerprint density at radius 2 is 1.81 bits per heavy atom. The van der Waals surface area contributed by atoms with Gasteiger partial charge < -0.3 is 9.47 Å². The van der Waals surface area contributed by atoms with Crippen molar-refractivity contribution in [1.29, 1.82) is 0 Å². The number of hydrogen-bond donors (Lipinski definition) is 0. The molecule has 32 heavy (non-hydrogen) atoms. The van der Waals surface area contributed by atoms with Crippen LogP contribution in [0.2, 0.25) is 0 Å². The molecule has 5 rings (SSSR count). The molecular formula is C29H48O3. The van der Waals surface area contributed by atoms with Gasteiger partial charge in [-0.2, -0.15) is 0 Å². The maximum absolute atomic E-state index is 11.6. The summed E-state index contributed by atoms with van der Waals surface area (Å²) in [5.41, 5.74) is 0.820. The Labute approximate surface area is 196 Å². The molecule has 0 amide bonds. The standard InChI is InChI=1S/C29H48O3/c1-18(2)8-7-9-19(3)23-10-11-24-22-16-26-29(32-26)17-21(31-20(4)30)12-15-28(29,6)25(22)13-14-27(23,24)5/h18-19,21-26H,7-17H2,1-6H3/t19-,21-,22+,23-,24+,25+,26-,27-,28-,29-/m1/s1. The maximum Gasteiger partial charge on any atom is 0.302 e. The van der Waals surface area contributed by atoms with Gasteiger partial charge in [0.1, 0.15) is 11.7 Å². The normalized spacial score (nSPS) is 50.1. The average molecular weight is 445 g/mol. The van der Waals surface area contributed by atoms with Crippen LogP contribution in [0.3, 0.4) is 0 Å². The van der Waals surface area contributed by atoms with Crippen molar-refractivity contribution in [2.75, 3.05) is 0 Å². The summed E-state index contributed by atoms with van der Waals surface area (Å²) in [4.78, 5) is 11.6. The summed E-state index contributed by atoms with van der Waals surface area (Å²) in [6.45, 7) is 14.1. The van der Waals surface area contributed by atoms with Crippen LogP contribution in [0.5, 0.6) is 0 Å². The average Bonchev–Trinajstić information content (AvgIpc) is 3.28. The number of hydrogen-bond acceptors (Lipinski definition) is 3. The number of carbonyl (C=O) groups is 1. The van der Waals surface area contributed by atoms with Gasteiger partial charge in [-0.3, -0.25) is 4.79 Å². The molecule has 5 aliphatic rings. The summed E-state index contributed by atoms with van der Waals surface area (Å²) in [5.74, 6) is 5.03. The fourth-order valence-corrected chi connectivity index (χ4v) is 10.00. The molecule has 0 radical (unpaired) electrons. The first-order valence-corrected chi connectivity index (χ1v) is 14.0. The number of ether oxygens (including phenoxy) is 2. The number of carbonyl (C=O) groups excluding carboxylic acids is 1. The van der Waals surface area contributed by atoms with Crippen molar-refractivity contribution in [3.63, 3.8) is 0 Å². The predicted octanol–water partition coefficient (Wildman–Crippen LogP) is 7.17. The molecule has 1 spiro atoms. The quantitative estimate of drug-likeness (QED) is 0.322. The minimum atomic E-state index is -0.131. The van der Waals surface area contributed by atoms with E-state index in [0.717, 1.165) is 48.3 Å². The minimum absolute atomic E-state index is 0.00240. The Hall–Kier alpha value is -0.570. The van der Waals surface area contributed by atoms with Gasteiger partial charge >= 0.3 is 5.97 Å². The molecule has 0 aromatic heterocycles. The minimum Gasteiger partial charge on any atom is -0.462 e. The van der Waals surface area contributed by atoms with E-state index in [0.29, 0.717) is 11.5 Å². The molecule has 5 fully saturated rings. The van der Waals surface area contributed by atoms with E-state index in [1.807, 2.05) is 0 Å². The first-order chi connectivity index (χ1) is 15.1. The Morgan fingerprint density at radius 3 is 2.53 bits per heavy atom. The zero-order chi connectivity index (χ0) is 22.9. The molecule has 0 N–H and O–H groups in total. The van der Waals surface area contributed by atoms with E-state index in [1.165, 1.54) is 57.8 Å². The van der Waals surface area contributed by atoms with E-state index < -0.39 is 0 Å². The van der Waals surface area contributed by atoms with Crippen LogP contribution in [0.15, 0.2) is 0 Å². The molecule has 3 nitrogen and oxygen atoms in total. The van der Waals surface area contributed by atoms with E-state index in [-0.39, 0.29) is 23.1 Å². The Kier molecular flexibility index (Phi) is 5.79. The fraction of sp³-hybridized carbons (Fsp3) is 0.966. The van der Waals surface area contributed by atoms with Crippen LogP contribution in [0, 0.1) is 46.3 Å². The molecule has 182 valence electrons. The van der Waals surface area contributed by atoms with E-state index in [1.54, 1.807) is 6.92 Å². The maximum atomic E-state index is 11.6. The van der Waals surface area contributed by atoms with Crippen molar-refractivity contribution < 1.29 is 14.3 Å². The van der Waals surface area contributed by atoms with Crippen LogP contribution in [0.25, 0.3) is 0 Å². The number of epoxide rings is 1. The van der Waals surface area contributed by atoms with E-state index >= 15 is 0 Å². The van der Waals surface area contributed by atoms with Gasteiger partial charge in [-0.25, -0.2) is 0 Å². The van der Waals surface area contributed by atoms with Gasteiger partial charge in [0.2, 0.25) is 0 Å². The second-order valence-corrected chi connectivity index (χ2v) is 13.5. The van der Waals surface area contributed by atoms with Crippen LogP contribution >= 0.6 is 0 Å². The van der Waals surface area contributed by atoms with Crippen molar-refractivity contribution in [2.45, 2.75) is 130 Å². The van der Waals surface area contributed by atoms with Gasteiger partial charge in [0.25, 0.3) is 0 Å². The zero-order valence-electron chi connectivity index (χ0n) is 21.6. The summed E-state index contributed by atoms with van der Waals surface area (Å²) in [7, 11) is 0. The molecule has 0 aromatic rings. The predicted molar refractivity (Wildman–Crippen MR) is 128 cm³/mol. The SMILES string of the molecule is CC(=O)O[C@@H]1CC[C@]2(C)[C@H]3CC[C@]4(C)[C@@H]([C@H](C)CCCC(C)C)CC[C@H]4[C@@H]3C[C@H]3O[C@]32C1. The molecule has 0 bridgehead atoms. The lowest BCUT2D eigenvalue weighted by atomic mass is 9.44. The first-order valence-electron chi connectivity index (χ1n) is 14.0. The Balaban J connectivity index is 1.30. The topological polar surface area (TPSA) is 38.8 Å². The lowest BCUT2D eigenvalue weighted by Gasteiger charge is -2.59. The zero-order valence-corrected chi connectivity index (χ0v) is 21.6. The molecule has 0 aromatic carbocycles. The largest absolute Gasteiger partial charge is 0.462 e. The second-order valence-electron chi connectivity index (χ2n) is 13.5. The highest BCUT2D eigenvalue weighted by atomic mass is 16.6. The molecule has 3 heteroatoms. The number of esters is 1. The van der Waals surface area contributed by atoms with Gasteiger partial charge in [-0.1, -0.05) is 53.9 Å². The lowest BCUT2D eigenvalue weighted by molar-refractivity contribution is -0.157. The first kappa shape index (κ1) is 23.2. The highest BCUT2D eigenvalue weighted by Crippen LogP contribution is 2.74. The molecule has 0 unspecified atom stereocenters. The van der Waals surface area contributed by atoms with Gasteiger partial charge in [0.05, 0.1) is 6.10 Å². The summed E-state index contributed by atoms with van der Waals surface area (Å²) < 4.78 is 12.3. The van der Waals surface area contributed by atoms with Crippen LogP contribution in [-0.2, 0) is 14.3 Å². The summed E-state index contributed by atoms with van der Waals surface area (Å²) in [5, 5.41) is 0. The van der Waals surface area contributed by atoms with Gasteiger partial charge in [-0.05, 0) is 85.9 Å². The summed E-state index contributed by atoms with van der Waals surface area (Å²) in [6.07, 6.45) is 14.8. The molecule has 4 aliphatic carbocycles. The molecule has 1 saturated heterocycles. The Bertz CT molecular complexity index is 732. The van der Waals surface area contributed by atoms with Crippen molar-refractivity contribution in [3.8, 4) is 0 Å². The van der Waals surface area contributed by atoms with Gasteiger partial charge in [0.15, 0.2) is 0 Å². The number of rotatable bonds is 6. The molecule has 1 aliphatic heterocycles. The monoisotopic (exact) mass is 444 g/mol. The van der Waals surface area contributed by atoms with E-state index in [4.69, 9.17) is 9.47 Å². The van der Waals surface area contributed by atoms with Gasteiger partial charge in [0, 0.05) is 18.8 Å². The van der Waals surface area contributed by atoms with Crippen molar-refractivity contribution in [3.05, 3.63) is 0 Å². The lowest BCUT2D eigenvalue weighted by Crippen LogP contribution is -2.59. The second kappa shape index (κ2) is 7.99. The van der Waals surface area contributed by atoms with E-state index in [9.17, 15) is 4.79 Å². The smallest absolute Gasteiger partial charge is 0.302 e. The van der Waals surface area contributed by atoms with Crippen LogP contribution in [-0.4, -0.2) is 23.8 Å². The van der Waals surface area contributed by atoms with Gasteiger partial charge in [-0.15, -0.1) is 0 Å². The molecule has 1 heterocycles. The highest BCUT2D eigenvalue weighted by molar-refractivity contribution is 5.66. The summed E-state index contributed by atoms with van der Waals surface area (Å²) in [6, 6.07) is 0. The third kappa shape index (κ3) is 3.42. The molecular weight excluding hydrogens is 396 g/mol. The third-order valence-electron chi connectivity index (χ3n) is 11.6. The highest BCUT2D eigenvalue weighted by Gasteiger charge is 2.76. The van der Waals surface area contributed by atoms with Crippen molar-refractivity contribution in [2.24, 2.45) is 46.3 Å². The third-order valence-corrected chi connectivity index (χ3v) is 11.6. The van der Waals surface area contributed by atoms with Crippen LogP contribution < -0.4 is 0 Å². The van der Waals surface area contributed by atoms with Crippen molar-refractivity contribution >= 4 is 5.97 Å². The van der Waals surface area contributed by atoms with Crippen molar-refractivity contribution in [1.82, 2.24) is 0 Å².